The zero-order valence-corrected chi connectivity index (χ0v) is 11.4. The summed E-state index contributed by atoms with van der Waals surface area (Å²) >= 11 is 3.41. The van der Waals surface area contributed by atoms with Gasteiger partial charge >= 0.3 is 0 Å². The lowest BCUT2D eigenvalue weighted by Crippen LogP contribution is -2.45. The summed E-state index contributed by atoms with van der Waals surface area (Å²) in [5.41, 5.74) is 1.04. The zero-order chi connectivity index (χ0) is 12.3. The minimum Gasteiger partial charge on any atom is -0.375 e. The average molecular weight is 298 g/mol. The summed E-state index contributed by atoms with van der Waals surface area (Å²) in [7, 11) is 0. The van der Waals surface area contributed by atoms with E-state index < -0.39 is 0 Å². The molecule has 0 aromatic heterocycles. The maximum absolute atomic E-state index is 12.1. The summed E-state index contributed by atoms with van der Waals surface area (Å²) in [5.74, 6) is 0.179. The molecule has 1 fully saturated rings. The highest BCUT2D eigenvalue weighted by molar-refractivity contribution is 9.10. The van der Waals surface area contributed by atoms with Crippen LogP contribution in [-0.4, -0.2) is 36.6 Å². The van der Waals surface area contributed by atoms with Crippen molar-refractivity contribution >= 4 is 21.8 Å². The molecular formula is C13H16BrNO2. The average Bonchev–Trinajstić information content (AvgIpc) is 2.29. The van der Waals surface area contributed by atoms with Crippen molar-refractivity contribution in [2.75, 3.05) is 19.7 Å². The first-order chi connectivity index (χ1) is 8.15. The number of amides is 1. The van der Waals surface area contributed by atoms with E-state index in [0.717, 1.165) is 10.0 Å². The number of carbonyl (C=O) groups excluding carboxylic acids is 1. The molecule has 2 rings (SSSR count). The molecule has 1 unspecified atom stereocenters. The van der Waals surface area contributed by atoms with Crippen LogP contribution in [0.1, 0.15) is 12.5 Å². The Labute approximate surface area is 110 Å². The van der Waals surface area contributed by atoms with E-state index in [0.29, 0.717) is 26.1 Å². The molecule has 1 amide bonds. The number of hydrogen-bond donors (Lipinski definition) is 0. The minimum atomic E-state index is 0.148. The van der Waals surface area contributed by atoms with Gasteiger partial charge < -0.3 is 9.64 Å². The number of hydrogen-bond acceptors (Lipinski definition) is 2. The molecule has 0 N–H and O–H groups in total. The molecule has 0 aliphatic carbocycles. The zero-order valence-electron chi connectivity index (χ0n) is 9.86. The Morgan fingerprint density at radius 1 is 1.59 bits per heavy atom. The van der Waals surface area contributed by atoms with Crippen molar-refractivity contribution in [3.8, 4) is 0 Å². The first-order valence-electron chi connectivity index (χ1n) is 5.79. The third-order valence-corrected chi connectivity index (χ3v) is 3.33. The van der Waals surface area contributed by atoms with Crippen LogP contribution >= 0.6 is 15.9 Å². The van der Waals surface area contributed by atoms with Crippen LogP contribution in [0.4, 0.5) is 0 Å². The summed E-state index contributed by atoms with van der Waals surface area (Å²) in [4.78, 5) is 14.0. The highest BCUT2D eigenvalue weighted by atomic mass is 79.9. The van der Waals surface area contributed by atoms with Crippen molar-refractivity contribution in [2.45, 2.75) is 19.4 Å². The van der Waals surface area contributed by atoms with Gasteiger partial charge in [-0.15, -0.1) is 0 Å². The lowest BCUT2D eigenvalue weighted by Gasteiger charge is -2.31. The lowest BCUT2D eigenvalue weighted by atomic mass is 10.1. The predicted molar refractivity (Wildman–Crippen MR) is 69.8 cm³/mol. The number of carbonyl (C=O) groups is 1. The van der Waals surface area contributed by atoms with Crippen molar-refractivity contribution in [3.05, 3.63) is 34.3 Å². The van der Waals surface area contributed by atoms with Crippen molar-refractivity contribution in [3.63, 3.8) is 0 Å². The van der Waals surface area contributed by atoms with E-state index >= 15 is 0 Å². The van der Waals surface area contributed by atoms with Crippen LogP contribution in [0.2, 0.25) is 0 Å². The van der Waals surface area contributed by atoms with E-state index in [1.807, 2.05) is 36.1 Å². The highest BCUT2D eigenvalue weighted by Gasteiger charge is 2.21. The standard InChI is InChI=1S/C13H16BrNO2/c1-10-9-15(5-6-17-10)13(16)8-11-3-2-4-12(14)7-11/h2-4,7,10H,5-6,8-9H2,1H3. The molecule has 0 bridgehead atoms. The van der Waals surface area contributed by atoms with Gasteiger partial charge in [-0.05, 0) is 24.6 Å². The Morgan fingerprint density at radius 3 is 3.12 bits per heavy atom. The number of rotatable bonds is 2. The summed E-state index contributed by atoms with van der Waals surface area (Å²) in [6, 6.07) is 7.88. The second kappa shape index (κ2) is 5.65. The van der Waals surface area contributed by atoms with Gasteiger partial charge in [0, 0.05) is 17.6 Å². The van der Waals surface area contributed by atoms with Crippen molar-refractivity contribution in [2.24, 2.45) is 0 Å². The van der Waals surface area contributed by atoms with Gasteiger partial charge in [0.1, 0.15) is 0 Å². The van der Waals surface area contributed by atoms with E-state index in [4.69, 9.17) is 4.74 Å². The van der Waals surface area contributed by atoms with Crippen LogP contribution in [0, 0.1) is 0 Å². The normalized spacial score (nSPS) is 20.4. The number of morpholine rings is 1. The molecule has 1 aromatic carbocycles. The molecule has 3 nitrogen and oxygen atoms in total. The Morgan fingerprint density at radius 2 is 2.41 bits per heavy atom. The molecule has 17 heavy (non-hydrogen) atoms. The maximum atomic E-state index is 12.1. The SMILES string of the molecule is CC1CN(C(=O)Cc2cccc(Br)c2)CCO1. The van der Waals surface area contributed by atoms with Crippen molar-refractivity contribution in [1.29, 1.82) is 0 Å². The molecule has 0 radical (unpaired) electrons. The van der Waals surface area contributed by atoms with Gasteiger partial charge in [-0.2, -0.15) is 0 Å². The number of benzene rings is 1. The van der Waals surface area contributed by atoms with E-state index in [1.165, 1.54) is 0 Å². The second-order valence-corrected chi connectivity index (χ2v) is 5.24. The molecule has 1 atom stereocenters. The maximum Gasteiger partial charge on any atom is 0.227 e. The Hall–Kier alpha value is -0.870. The fourth-order valence-electron chi connectivity index (χ4n) is 1.98. The van der Waals surface area contributed by atoms with Crippen LogP contribution in [0.3, 0.4) is 0 Å². The van der Waals surface area contributed by atoms with Gasteiger partial charge in [-0.1, -0.05) is 28.1 Å². The largest absolute Gasteiger partial charge is 0.375 e. The summed E-state index contributed by atoms with van der Waals surface area (Å²) in [5, 5.41) is 0. The number of nitrogens with zero attached hydrogens (tertiary/aromatic N) is 1. The van der Waals surface area contributed by atoms with E-state index in [-0.39, 0.29) is 12.0 Å². The van der Waals surface area contributed by atoms with Gasteiger partial charge in [0.15, 0.2) is 0 Å². The Kier molecular flexibility index (Phi) is 4.18. The molecule has 0 spiro atoms. The molecule has 0 saturated carbocycles. The summed E-state index contributed by atoms with van der Waals surface area (Å²) in [6.07, 6.45) is 0.613. The molecule has 1 aliphatic heterocycles. The topological polar surface area (TPSA) is 29.5 Å². The molecule has 1 heterocycles. The quantitative estimate of drug-likeness (QED) is 0.838. The second-order valence-electron chi connectivity index (χ2n) is 4.33. The third-order valence-electron chi connectivity index (χ3n) is 2.84. The van der Waals surface area contributed by atoms with E-state index in [1.54, 1.807) is 0 Å². The van der Waals surface area contributed by atoms with Gasteiger partial charge in [-0.3, -0.25) is 4.79 Å². The Bertz CT molecular complexity index is 408. The first kappa shape index (κ1) is 12.6. The molecule has 92 valence electrons. The van der Waals surface area contributed by atoms with Crippen LogP contribution in [0.25, 0.3) is 0 Å². The van der Waals surface area contributed by atoms with Gasteiger partial charge in [-0.25, -0.2) is 0 Å². The molecular weight excluding hydrogens is 282 g/mol. The summed E-state index contributed by atoms with van der Waals surface area (Å²) in [6.45, 7) is 4.05. The summed E-state index contributed by atoms with van der Waals surface area (Å²) < 4.78 is 6.44. The van der Waals surface area contributed by atoms with Crippen LogP contribution < -0.4 is 0 Å². The monoisotopic (exact) mass is 297 g/mol. The predicted octanol–water partition coefficient (Wildman–Crippen LogP) is 2.24. The first-order valence-corrected chi connectivity index (χ1v) is 6.58. The minimum absolute atomic E-state index is 0.148. The van der Waals surface area contributed by atoms with Gasteiger partial charge in [0.2, 0.25) is 5.91 Å². The van der Waals surface area contributed by atoms with Gasteiger partial charge in [0.05, 0.1) is 19.1 Å². The van der Waals surface area contributed by atoms with Crippen molar-refractivity contribution < 1.29 is 9.53 Å². The molecule has 1 saturated heterocycles. The lowest BCUT2D eigenvalue weighted by molar-refractivity contribution is -0.137. The molecule has 1 aromatic rings. The van der Waals surface area contributed by atoms with Crippen LogP contribution in [-0.2, 0) is 16.0 Å². The smallest absolute Gasteiger partial charge is 0.227 e. The van der Waals surface area contributed by atoms with Crippen molar-refractivity contribution in [1.82, 2.24) is 4.90 Å². The number of halogens is 1. The van der Waals surface area contributed by atoms with Crippen LogP contribution in [0.15, 0.2) is 28.7 Å². The molecule has 1 aliphatic rings. The fraction of sp³-hybridized carbons (Fsp3) is 0.462. The van der Waals surface area contributed by atoms with Crippen LogP contribution in [0.5, 0.6) is 0 Å². The number of ether oxygens (including phenoxy) is 1. The van der Waals surface area contributed by atoms with Gasteiger partial charge in [0.25, 0.3) is 0 Å². The molecule has 4 heteroatoms. The third kappa shape index (κ3) is 3.54. The van der Waals surface area contributed by atoms with E-state index in [9.17, 15) is 4.79 Å². The fourth-order valence-corrected chi connectivity index (χ4v) is 2.42. The Balaban J connectivity index is 1.96. The highest BCUT2D eigenvalue weighted by Crippen LogP contribution is 2.13. The van der Waals surface area contributed by atoms with E-state index in [2.05, 4.69) is 15.9 Å².